The molecule has 2 aromatic rings. The predicted molar refractivity (Wildman–Crippen MR) is 101 cm³/mol. The first-order valence-electron chi connectivity index (χ1n) is 9.69. The largest absolute Gasteiger partial charge is 0.475 e. The fourth-order valence-corrected chi connectivity index (χ4v) is 3.98. The SMILES string of the molecule is CCOc1nc2ccccc2nc1N1CCC[C@@H](C(=O)N2CCCC2)C1. The van der Waals surface area contributed by atoms with Crippen molar-refractivity contribution in [1.82, 2.24) is 14.9 Å². The molecule has 0 bridgehead atoms. The molecule has 2 aliphatic heterocycles. The number of carbonyl (C=O) groups excluding carboxylic acids is 1. The van der Waals surface area contributed by atoms with Gasteiger partial charge in [0.15, 0.2) is 5.82 Å². The minimum Gasteiger partial charge on any atom is -0.475 e. The minimum atomic E-state index is 0.0459. The lowest BCUT2D eigenvalue weighted by atomic mass is 9.96. The van der Waals surface area contributed by atoms with Crippen molar-refractivity contribution in [3.8, 4) is 5.88 Å². The summed E-state index contributed by atoms with van der Waals surface area (Å²) in [6, 6.07) is 7.85. The van der Waals surface area contributed by atoms with Crippen LogP contribution in [-0.2, 0) is 4.79 Å². The van der Waals surface area contributed by atoms with Gasteiger partial charge in [0.05, 0.1) is 23.6 Å². The first kappa shape index (κ1) is 17.1. The van der Waals surface area contributed by atoms with Gasteiger partial charge >= 0.3 is 0 Å². The highest BCUT2D eigenvalue weighted by atomic mass is 16.5. The van der Waals surface area contributed by atoms with Gasteiger partial charge in [-0.25, -0.2) is 9.97 Å². The Morgan fingerprint density at radius 3 is 2.58 bits per heavy atom. The molecule has 0 N–H and O–H groups in total. The van der Waals surface area contributed by atoms with Crippen molar-refractivity contribution < 1.29 is 9.53 Å². The van der Waals surface area contributed by atoms with Crippen LogP contribution >= 0.6 is 0 Å². The first-order chi connectivity index (χ1) is 12.8. The molecular weight excluding hydrogens is 328 g/mol. The summed E-state index contributed by atoms with van der Waals surface area (Å²) in [5, 5.41) is 0. The normalized spacial score (nSPS) is 20.6. The number of hydrogen-bond acceptors (Lipinski definition) is 5. The quantitative estimate of drug-likeness (QED) is 0.845. The molecule has 4 rings (SSSR count). The van der Waals surface area contributed by atoms with E-state index in [0.29, 0.717) is 24.9 Å². The van der Waals surface area contributed by atoms with Crippen LogP contribution < -0.4 is 9.64 Å². The molecular formula is C20H26N4O2. The smallest absolute Gasteiger partial charge is 0.258 e. The Morgan fingerprint density at radius 1 is 1.12 bits per heavy atom. The van der Waals surface area contributed by atoms with Crippen LogP contribution in [0.2, 0.25) is 0 Å². The summed E-state index contributed by atoms with van der Waals surface area (Å²) in [6.07, 6.45) is 4.21. The van der Waals surface area contributed by atoms with Crippen molar-refractivity contribution in [2.24, 2.45) is 5.92 Å². The predicted octanol–water partition coefficient (Wildman–Crippen LogP) is 2.87. The summed E-state index contributed by atoms with van der Waals surface area (Å²) in [7, 11) is 0. The van der Waals surface area contributed by atoms with Gasteiger partial charge in [0, 0.05) is 26.2 Å². The molecule has 26 heavy (non-hydrogen) atoms. The number of ether oxygens (including phenoxy) is 1. The molecule has 0 saturated carbocycles. The lowest BCUT2D eigenvalue weighted by Crippen LogP contribution is -2.44. The van der Waals surface area contributed by atoms with Crippen molar-refractivity contribution in [1.29, 1.82) is 0 Å². The fourth-order valence-electron chi connectivity index (χ4n) is 3.98. The summed E-state index contributed by atoms with van der Waals surface area (Å²) < 4.78 is 5.78. The Morgan fingerprint density at radius 2 is 1.85 bits per heavy atom. The highest BCUT2D eigenvalue weighted by Crippen LogP contribution is 2.31. The first-order valence-corrected chi connectivity index (χ1v) is 9.69. The van der Waals surface area contributed by atoms with Gasteiger partial charge in [0.1, 0.15) is 0 Å². The van der Waals surface area contributed by atoms with E-state index in [1.165, 1.54) is 0 Å². The number of likely N-dealkylation sites (tertiary alicyclic amines) is 1. The number of para-hydroxylation sites is 2. The molecule has 1 amide bonds. The zero-order valence-electron chi connectivity index (χ0n) is 15.4. The Kier molecular flexibility index (Phi) is 4.91. The summed E-state index contributed by atoms with van der Waals surface area (Å²) in [5.74, 6) is 1.69. The van der Waals surface area contributed by atoms with Gasteiger partial charge in [0.25, 0.3) is 5.88 Å². The van der Waals surface area contributed by atoms with Crippen LogP contribution in [0.1, 0.15) is 32.6 Å². The number of aromatic nitrogens is 2. The zero-order valence-corrected chi connectivity index (χ0v) is 15.4. The average Bonchev–Trinajstić information content (AvgIpc) is 3.22. The average molecular weight is 354 g/mol. The van der Waals surface area contributed by atoms with E-state index in [0.717, 1.165) is 62.2 Å². The van der Waals surface area contributed by atoms with E-state index >= 15 is 0 Å². The second kappa shape index (κ2) is 7.48. The molecule has 6 nitrogen and oxygen atoms in total. The summed E-state index contributed by atoms with van der Waals surface area (Å²) in [4.78, 5) is 26.5. The standard InChI is InChI=1S/C20H26N4O2/c1-2-26-19-18(21-16-9-3-4-10-17(16)22-19)24-13-7-8-15(14-24)20(25)23-11-5-6-12-23/h3-4,9-10,15H,2,5-8,11-14H2,1H3/t15-/m1/s1. The van der Waals surface area contributed by atoms with Crippen molar-refractivity contribution in [3.05, 3.63) is 24.3 Å². The van der Waals surface area contributed by atoms with Gasteiger partial charge in [0.2, 0.25) is 5.91 Å². The van der Waals surface area contributed by atoms with Crippen LogP contribution in [0.15, 0.2) is 24.3 Å². The van der Waals surface area contributed by atoms with Gasteiger partial charge in [-0.2, -0.15) is 0 Å². The number of nitrogens with zero attached hydrogens (tertiary/aromatic N) is 4. The highest BCUT2D eigenvalue weighted by molar-refractivity contribution is 5.81. The molecule has 138 valence electrons. The maximum absolute atomic E-state index is 12.8. The van der Waals surface area contributed by atoms with E-state index in [1.807, 2.05) is 36.1 Å². The van der Waals surface area contributed by atoms with E-state index in [-0.39, 0.29) is 5.92 Å². The van der Waals surface area contributed by atoms with Crippen LogP contribution in [0.3, 0.4) is 0 Å². The molecule has 0 unspecified atom stereocenters. The van der Waals surface area contributed by atoms with Crippen molar-refractivity contribution in [2.45, 2.75) is 32.6 Å². The molecule has 0 spiro atoms. The number of anilines is 1. The number of amides is 1. The number of hydrogen-bond donors (Lipinski definition) is 0. The second-order valence-corrected chi connectivity index (χ2v) is 7.09. The van der Waals surface area contributed by atoms with Gasteiger partial charge in [-0.1, -0.05) is 12.1 Å². The zero-order chi connectivity index (χ0) is 17.9. The maximum atomic E-state index is 12.8. The molecule has 1 atom stereocenters. The number of fused-ring (bicyclic) bond motifs is 1. The molecule has 2 saturated heterocycles. The molecule has 2 fully saturated rings. The van der Waals surface area contributed by atoms with Crippen LogP contribution in [0.25, 0.3) is 11.0 Å². The lowest BCUT2D eigenvalue weighted by Gasteiger charge is -2.35. The molecule has 3 heterocycles. The molecule has 6 heteroatoms. The third-order valence-electron chi connectivity index (χ3n) is 5.29. The van der Waals surface area contributed by atoms with E-state index in [2.05, 4.69) is 9.88 Å². The molecule has 1 aromatic carbocycles. The molecule has 2 aliphatic rings. The van der Waals surface area contributed by atoms with Gasteiger partial charge < -0.3 is 14.5 Å². The van der Waals surface area contributed by atoms with Crippen molar-refractivity contribution in [3.63, 3.8) is 0 Å². The third kappa shape index (κ3) is 3.32. The summed E-state index contributed by atoms with van der Waals surface area (Å²) in [6.45, 7) is 5.91. The van der Waals surface area contributed by atoms with Crippen LogP contribution in [0.5, 0.6) is 5.88 Å². The van der Waals surface area contributed by atoms with Crippen LogP contribution in [0, 0.1) is 5.92 Å². The van der Waals surface area contributed by atoms with E-state index in [9.17, 15) is 4.79 Å². The third-order valence-corrected chi connectivity index (χ3v) is 5.29. The van der Waals surface area contributed by atoms with E-state index < -0.39 is 0 Å². The van der Waals surface area contributed by atoms with Crippen LogP contribution in [0.4, 0.5) is 5.82 Å². The minimum absolute atomic E-state index is 0.0459. The van der Waals surface area contributed by atoms with Crippen molar-refractivity contribution >= 4 is 22.8 Å². The van der Waals surface area contributed by atoms with Crippen LogP contribution in [-0.4, -0.2) is 53.6 Å². The van der Waals surface area contributed by atoms with Gasteiger partial charge in [-0.05, 0) is 44.7 Å². The number of benzene rings is 1. The Bertz CT molecular complexity index is 788. The Labute approximate surface area is 154 Å². The van der Waals surface area contributed by atoms with Crippen molar-refractivity contribution in [2.75, 3.05) is 37.7 Å². The lowest BCUT2D eigenvalue weighted by molar-refractivity contribution is -0.134. The Hall–Kier alpha value is -2.37. The fraction of sp³-hybridized carbons (Fsp3) is 0.550. The highest BCUT2D eigenvalue weighted by Gasteiger charge is 2.32. The maximum Gasteiger partial charge on any atom is 0.258 e. The van der Waals surface area contributed by atoms with Gasteiger partial charge in [-0.3, -0.25) is 4.79 Å². The molecule has 0 radical (unpaired) electrons. The monoisotopic (exact) mass is 354 g/mol. The number of carbonyl (C=O) groups is 1. The summed E-state index contributed by atoms with van der Waals surface area (Å²) >= 11 is 0. The Balaban J connectivity index is 1.61. The number of rotatable bonds is 4. The van der Waals surface area contributed by atoms with E-state index in [1.54, 1.807) is 0 Å². The topological polar surface area (TPSA) is 58.6 Å². The number of piperidine rings is 1. The van der Waals surface area contributed by atoms with Gasteiger partial charge in [-0.15, -0.1) is 0 Å². The van der Waals surface area contributed by atoms with E-state index in [4.69, 9.17) is 9.72 Å². The molecule has 1 aromatic heterocycles. The molecule has 0 aliphatic carbocycles. The second-order valence-electron chi connectivity index (χ2n) is 7.09. The summed E-state index contributed by atoms with van der Waals surface area (Å²) in [5.41, 5.74) is 1.69.